The first-order valence-electron chi connectivity index (χ1n) is 6.97. The van der Waals surface area contributed by atoms with E-state index >= 15 is 0 Å². The molecule has 0 aliphatic rings. The molecule has 2 heterocycles. The third kappa shape index (κ3) is 5.26. The molecule has 2 rings (SSSR count). The van der Waals surface area contributed by atoms with Gasteiger partial charge in [-0.05, 0) is 30.5 Å². The van der Waals surface area contributed by atoms with Crippen LogP contribution in [0.4, 0.5) is 0 Å². The first-order chi connectivity index (χ1) is 11.1. The Morgan fingerprint density at radius 1 is 1.22 bits per heavy atom. The normalized spacial score (nSPS) is 11.5. The fourth-order valence-corrected chi connectivity index (χ4v) is 2.35. The third-order valence-electron chi connectivity index (χ3n) is 2.95. The van der Waals surface area contributed by atoms with E-state index < -0.39 is 11.9 Å². The van der Waals surface area contributed by atoms with E-state index in [9.17, 15) is 14.4 Å². The first-order valence-corrected chi connectivity index (χ1v) is 7.85. The van der Waals surface area contributed by atoms with Crippen LogP contribution in [0.5, 0.6) is 0 Å². The van der Waals surface area contributed by atoms with E-state index in [1.165, 1.54) is 17.6 Å². The summed E-state index contributed by atoms with van der Waals surface area (Å²) < 4.78 is 5.08. The SMILES string of the molecule is CC(NC(=O)c1cccs1)C(=O)NCC(=O)NCc1ccco1. The standard InChI is InChI=1S/C15H17N3O4S/c1-10(18-15(21)12-5-3-7-23-12)14(20)17-9-13(19)16-8-11-4-2-6-22-11/h2-7,10H,8-9H2,1H3,(H,16,19)(H,17,20)(H,18,21). The monoisotopic (exact) mass is 335 g/mol. The summed E-state index contributed by atoms with van der Waals surface area (Å²) in [6, 6.07) is 6.16. The zero-order valence-electron chi connectivity index (χ0n) is 12.5. The summed E-state index contributed by atoms with van der Waals surface area (Å²) in [5.41, 5.74) is 0. The summed E-state index contributed by atoms with van der Waals surface area (Å²) >= 11 is 1.29. The largest absolute Gasteiger partial charge is 0.467 e. The van der Waals surface area contributed by atoms with E-state index in [4.69, 9.17) is 4.42 Å². The van der Waals surface area contributed by atoms with Crippen molar-refractivity contribution >= 4 is 29.1 Å². The quantitative estimate of drug-likeness (QED) is 0.699. The van der Waals surface area contributed by atoms with Gasteiger partial charge in [-0.15, -0.1) is 11.3 Å². The molecule has 0 spiro atoms. The third-order valence-corrected chi connectivity index (χ3v) is 3.82. The number of hydrogen-bond acceptors (Lipinski definition) is 5. The van der Waals surface area contributed by atoms with Crippen molar-refractivity contribution in [1.82, 2.24) is 16.0 Å². The highest BCUT2D eigenvalue weighted by Crippen LogP contribution is 2.08. The summed E-state index contributed by atoms with van der Waals surface area (Å²) in [5, 5.41) is 9.43. The molecular formula is C15H17N3O4S. The van der Waals surface area contributed by atoms with Crippen molar-refractivity contribution in [1.29, 1.82) is 0 Å². The highest BCUT2D eigenvalue weighted by Gasteiger charge is 2.17. The van der Waals surface area contributed by atoms with Crippen LogP contribution in [-0.2, 0) is 16.1 Å². The molecule has 1 atom stereocenters. The van der Waals surface area contributed by atoms with Crippen molar-refractivity contribution in [2.24, 2.45) is 0 Å². The maximum atomic E-state index is 11.9. The number of thiophene rings is 1. The Hall–Kier alpha value is -2.61. The van der Waals surface area contributed by atoms with E-state index in [1.54, 1.807) is 36.6 Å². The molecule has 0 aliphatic carbocycles. The van der Waals surface area contributed by atoms with Crippen molar-refractivity contribution in [2.75, 3.05) is 6.54 Å². The molecular weight excluding hydrogens is 318 g/mol. The predicted molar refractivity (Wildman–Crippen MR) is 84.8 cm³/mol. The van der Waals surface area contributed by atoms with Crippen LogP contribution >= 0.6 is 11.3 Å². The fourth-order valence-electron chi connectivity index (χ4n) is 1.72. The van der Waals surface area contributed by atoms with Crippen LogP contribution in [0.15, 0.2) is 40.3 Å². The lowest BCUT2D eigenvalue weighted by atomic mass is 10.3. The number of amides is 3. The summed E-state index contributed by atoms with van der Waals surface area (Å²) in [5.74, 6) is -0.458. The summed E-state index contributed by atoms with van der Waals surface area (Å²) in [6.07, 6.45) is 1.52. The van der Waals surface area contributed by atoms with E-state index in [0.717, 1.165) is 0 Å². The number of hydrogen-bond donors (Lipinski definition) is 3. The highest BCUT2D eigenvalue weighted by atomic mass is 32.1. The Bertz CT molecular complexity index is 652. The molecule has 8 heteroatoms. The molecule has 1 unspecified atom stereocenters. The molecule has 3 amide bonds. The van der Waals surface area contributed by atoms with Gasteiger partial charge >= 0.3 is 0 Å². The van der Waals surface area contributed by atoms with Crippen LogP contribution in [0.1, 0.15) is 22.4 Å². The van der Waals surface area contributed by atoms with E-state index in [0.29, 0.717) is 10.6 Å². The van der Waals surface area contributed by atoms with Gasteiger partial charge in [0, 0.05) is 0 Å². The van der Waals surface area contributed by atoms with E-state index in [2.05, 4.69) is 16.0 Å². The molecule has 122 valence electrons. The minimum atomic E-state index is -0.734. The van der Waals surface area contributed by atoms with Gasteiger partial charge in [0.15, 0.2) is 0 Å². The van der Waals surface area contributed by atoms with Crippen LogP contribution in [-0.4, -0.2) is 30.3 Å². The minimum absolute atomic E-state index is 0.168. The first kappa shape index (κ1) is 16.8. The number of carbonyl (C=O) groups excluding carboxylic acids is 3. The van der Waals surface area contributed by atoms with Gasteiger partial charge < -0.3 is 20.4 Å². The van der Waals surface area contributed by atoms with Crippen LogP contribution < -0.4 is 16.0 Å². The van der Waals surface area contributed by atoms with Crippen molar-refractivity contribution in [3.05, 3.63) is 46.5 Å². The Balaban J connectivity index is 1.69. The summed E-state index contributed by atoms with van der Waals surface area (Å²) in [6.45, 7) is 1.65. The van der Waals surface area contributed by atoms with Gasteiger partial charge in [-0.1, -0.05) is 6.07 Å². The van der Waals surface area contributed by atoms with Gasteiger partial charge in [-0.25, -0.2) is 0 Å². The molecule has 0 saturated carbocycles. The topological polar surface area (TPSA) is 100 Å². The second-order valence-electron chi connectivity index (χ2n) is 4.75. The number of rotatable bonds is 7. The van der Waals surface area contributed by atoms with E-state index in [1.807, 2.05) is 0 Å². The maximum absolute atomic E-state index is 11.9. The average Bonchev–Trinajstić information content (AvgIpc) is 3.22. The van der Waals surface area contributed by atoms with Gasteiger partial charge in [-0.3, -0.25) is 14.4 Å². The van der Waals surface area contributed by atoms with Crippen molar-refractivity contribution in [3.8, 4) is 0 Å². The second-order valence-corrected chi connectivity index (χ2v) is 5.69. The van der Waals surface area contributed by atoms with Crippen LogP contribution in [0.25, 0.3) is 0 Å². The molecule has 7 nitrogen and oxygen atoms in total. The van der Waals surface area contributed by atoms with E-state index in [-0.39, 0.29) is 24.9 Å². The lowest BCUT2D eigenvalue weighted by Gasteiger charge is -2.13. The minimum Gasteiger partial charge on any atom is -0.467 e. The molecule has 2 aromatic rings. The van der Waals surface area contributed by atoms with Gasteiger partial charge in [0.1, 0.15) is 11.8 Å². The second kappa shape index (κ2) is 8.14. The maximum Gasteiger partial charge on any atom is 0.261 e. The lowest BCUT2D eigenvalue weighted by Crippen LogP contribution is -2.47. The Kier molecular flexibility index (Phi) is 5.93. The lowest BCUT2D eigenvalue weighted by molar-refractivity contribution is -0.127. The fraction of sp³-hybridized carbons (Fsp3) is 0.267. The smallest absolute Gasteiger partial charge is 0.261 e. The Morgan fingerprint density at radius 2 is 2.04 bits per heavy atom. The number of furan rings is 1. The van der Waals surface area contributed by atoms with Crippen LogP contribution in [0, 0.1) is 0 Å². The molecule has 0 fully saturated rings. The van der Waals surface area contributed by atoms with Crippen molar-refractivity contribution in [3.63, 3.8) is 0 Å². The van der Waals surface area contributed by atoms with Gasteiger partial charge in [0.2, 0.25) is 11.8 Å². The molecule has 0 bridgehead atoms. The van der Waals surface area contributed by atoms with Crippen molar-refractivity contribution in [2.45, 2.75) is 19.5 Å². The molecule has 23 heavy (non-hydrogen) atoms. The van der Waals surface area contributed by atoms with Gasteiger partial charge in [-0.2, -0.15) is 0 Å². The Labute approximate surface area is 137 Å². The summed E-state index contributed by atoms with van der Waals surface area (Å²) in [7, 11) is 0. The molecule has 0 saturated heterocycles. The average molecular weight is 335 g/mol. The zero-order chi connectivity index (χ0) is 16.7. The molecule has 0 radical (unpaired) electrons. The predicted octanol–water partition coefficient (Wildman–Crippen LogP) is 0.892. The molecule has 2 aromatic heterocycles. The number of carbonyl (C=O) groups is 3. The molecule has 0 aliphatic heterocycles. The number of nitrogens with one attached hydrogen (secondary N) is 3. The zero-order valence-corrected chi connectivity index (χ0v) is 13.3. The summed E-state index contributed by atoms with van der Waals surface area (Å²) in [4.78, 5) is 35.8. The highest BCUT2D eigenvalue weighted by molar-refractivity contribution is 7.12. The Morgan fingerprint density at radius 3 is 2.70 bits per heavy atom. The van der Waals surface area contributed by atoms with Gasteiger partial charge in [0.25, 0.3) is 5.91 Å². The van der Waals surface area contributed by atoms with Crippen molar-refractivity contribution < 1.29 is 18.8 Å². The van der Waals surface area contributed by atoms with Crippen LogP contribution in [0.3, 0.4) is 0 Å². The molecule has 0 aromatic carbocycles. The van der Waals surface area contributed by atoms with Crippen LogP contribution in [0.2, 0.25) is 0 Å². The molecule has 3 N–H and O–H groups in total. The van der Waals surface area contributed by atoms with Gasteiger partial charge in [0.05, 0.1) is 24.2 Å².